The summed E-state index contributed by atoms with van der Waals surface area (Å²) in [5.74, 6) is 0. The first-order chi connectivity index (χ1) is 4.31. The van der Waals surface area contributed by atoms with Crippen LogP contribution in [0.15, 0.2) is 12.3 Å². The van der Waals surface area contributed by atoms with Gasteiger partial charge in [-0.15, -0.1) is 0 Å². The fourth-order valence-electron chi connectivity index (χ4n) is 1.92. The van der Waals surface area contributed by atoms with E-state index in [-0.39, 0.29) is 0 Å². The van der Waals surface area contributed by atoms with Crippen LogP contribution >= 0.6 is 0 Å². The third-order valence-electron chi connectivity index (χ3n) is 2.72. The van der Waals surface area contributed by atoms with Crippen molar-refractivity contribution >= 4 is 0 Å². The van der Waals surface area contributed by atoms with Crippen LogP contribution in [-0.4, -0.2) is 6.54 Å². The highest BCUT2D eigenvalue weighted by Gasteiger charge is 2.40. The standard InChI is InChI=1S/C8H13N/c1-7-5-8(6-9-7)3-2-4-8/h9H,1-6H2. The topological polar surface area (TPSA) is 12.0 Å². The summed E-state index contributed by atoms with van der Waals surface area (Å²) in [6, 6.07) is 0. The highest BCUT2D eigenvalue weighted by Crippen LogP contribution is 2.47. The van der Waals surface area contributed by atoms with E-state index in [0.29, 0.717) is 5.41 Å². The molecule has 9 heavy (non-hydrogen) atoms. The van der Waals surface area contributed by atoms with E-state index in [1.807, 2.05) is 0 Å². The van der Waals surface area contributed by atoms with Crippen LogP contribution in [0.25, 0.3) is 0 Å². The molecule has 2 rings (SSSR count). The summed E-state index contributed by atoms with van der Waals surface area (Å²) in [4.78, 5) is 0. The molecule has 1 nitrogen and oxygen atoms in total. The van der Waals surface area contributed by atoms with Gasteiger partial charge in [-0.3, -0.25) is 0 Å². The van der Waals surface area contributed by atoms with Gasteiger partial charge in [0.15, 0.2) is 0 Å². The van der Waals surface area contributed by atoms with Gasteiger partial charge in [0.1, 0.15) is 0 Å². The van der Waals surface area contributed by atoms with Crippen molar-refractivity contribution in [3.63, 3.8) is 0 Å². The molecule has 0 aromatic heterocycles. The van der Waals surface area contributed by atoms with E-state index < -0.39 is 0 Å². The van der Waals surface area contributed by atoms with Gasteiger partial charge in [-0.05, 0) is 24.7 Å². The predicted octanol–water partition coefficient (Wildman–Crippen LogP) is 1.66. The molecule has 2 aliphatic rings. The molecular weight excluding hydrogens is 110 g/mol. The SMILES string of the molecule is C=C1CC2(CCC2)CN1. The quantitative estimate of drug-likeness (QED) is 0.516. The van der Waals surface area contributed by atoms with Gasteiger partial charge < -0.3 is 5.32 Å². The van der Waals surface area contributed by atoms with Gasteiger partial charge in [0.25, 0.3) is 0 Å². The highest BCUT2D eigenvalue weighted by atomic mass is 14.9. The normalized spacial score (nSPS) is 30.0. The van der Waals surface area contributed by atoms with Crippen molar-refractivity contribution in [3.05, 3.63) is 12.3 Å². The second-order valence-corrected chi connectivity index (χ2v) is 3.49. The maximum atomic E-state index is 3.92. The molecule has 2 fully saturated rings. The van der Waals surface area contributed by atoms with E-state index in [2.05, 4.69) is 11.9 Å². The second-order valence-electron chi connectivity index (χ2n) is 3.49. The lowest BCUT2D eigenvalue weighted by Gasteiger charge is -2.36. The summed E-state index contributed by atoms with van der Waals surface area (Å²) in [6.45, 7) is 5.12. The Labute approximate surface area is 56.1 Å². The molecule has 1 saturated heterocycles. The summed E-state index contributed by atoms with van der Waals surface area (Å²) >= 11 is 0. The molecule has 1 aliphatic carbocycles. The molecule has 1 heterocycles. The minimum atomic E-state index is 0.678. The van der Waals surface area contributed by atoms with E-state index >= 15 is 0 Å². The largest absolute Gasteiger partial charge is 0.388 e. The summed E-state index contributed by atoms with van der Waals surface area (Å²) in [5.41, 5.74) is 1.94. The van der Waals surface area contributed by atoms with Crippen LogP contribution in [0.1, 0.15) is 25.7 Å². The van der Waals surface area contributed by atoms with Crippen molar-refractivity contribution < 1.29 is 0 Å². The first kappa shape index (κ1) is 5.33. The van der Waals surface area contributed by atoms with Crippen LogP contribution in [0.4, 0.5) is 0 Å². The van der Waals surface area contributed by atoms with E-state index in [1.165, 1.54) is 37.9 Å². The number of hydrogen-bond acceptors (Lipinski definition) is 1. The molecule has 1 saturated carbocycles. The average molecular weight is 123 g/mol. The van der Waals surface area contributed by atoms with Gasteiger partial charge in [0, 0.05) is 12.2 Å². The molecule has 1 spiro atoms. The third-order valence-corrected chi connectivity index (χ3v) is 2.72. The Kier molecular flexibility index (Phi) is 0.904. The van der Waals surface area contributed by atoms with Crippen molar-refractivity contribution in [3.8, 4) is 0 Å². The zero-order chi connectivity index (χ0) is 6.32. The Hall–Kier alpha value is -0.460. The number of rotatable bonds is 0. The van der Waals surface area contributed by atoms with Gasteiger partial charge in [0.2, 0.25) is 0 Å². The van der Waals surface area contributed by atoms with E-state index in [4.69, 9.17) is 0 Å². The summed E-state index contributed by atoms with van der Waals surface area (Å²) in [6.07, 6.45) is 5.54. The minimum Gasteiger partial charge on any atom is -0.388 e. The Morgan fingerprint density at radius 3 is 2.44 bits per heavy atom. The van der Waals surface area contributed by atoms with Crippen LogP contribution in [0.3, 0.4) is 0 Å². The molecule has 0 bridgehead atoms. The van der Waals surface area contributed by atoms with E-state index in [0.717, 1.165) is 0 Å². The van der Waals surface area contributed by atoms with Gasteiger partial charge in [-0.25, -0.2) is 0 Å². The Balaban J connectivity index is 2.07. The fraction of sp³-hybridized carbons (Fsp3) is 0.750. The van der Waals surface area contributed by atoms with Crippen molar-refractivity contribution in [1.29, 1.82) is 0 Å². The van der Waals surface area contributed by atoms with Gasteiger partial charge in [0.05, 0.1) is 0 Å². The summed E-state index contributed by atoms with van der Waals surface area (Å²) in [5, 5.41) is 3.32. The molecule has 0 unspecified atom stereocenters. The smallest absolute Gasteiger partial charge is 0.0204 e. The second kappa shape index (κ2) is 1.53. The Bertz CT molecular complexity index is 145. The Morgan fingerprint density at radius 2 is 2.22 bits per heavy atom. The van der Waals surface area contributed by atoms with E-state index in [9.17, 15) is 0 Å². The molecule has 0 aromatic carbocycles. The zero-order valence-electron chi connectivity index (χ0n) is 5.74. The third kappa shape index (κ3) is 0.673. The lowest BCUT2D eigenvalue weighted by atomic mass is 9.68. The maximum Gasteiger partial charge on any atom is 0.0204 e. The summed E-state index contributed by atoms with van der Waals surface area (Å²) < 4.78 is 0. The first-order valence-corrected chi connectivity index (χ1v) is 3.72. The Morgan fingerprint density at radius 1 is 1.44 bits per heavy atom. The molecule has 1 aliphatic heterocycles. The fourth-order valence-corrected chi connectivity index (χ4v) is 1.92. The maximum absolute atomic E-state index is 3.92. The number of hydrogen-bond donors (Lipinski definition) is 1. The zero-order valence-corrected chi connectivity index (χ0v) is 5.74. The van der Waals surface area contributed by atoms with Crippen molar-refractivity contribution in [1.82, 2.24) is 5.32 Å². The van der Waals surface area contributed by atoms with Crippen LogP contribution in [0, 0.1) is 5.41 Å². The molecule has 50 valence electrons. The summed E-state index contributed by atoms with van der Waals surface area (Å²) in [7, 11) is 0. The number of allylic oxidation sites excluding steroid dienone is 1. The molecular formula is C8H13N. The first-order valence-electron chi connectivity index (χ1n) is 3.72. The number of nitrogens with one attached hydrogen (secondary N) is 1. The molecule has 1 heteroatoms. The molecule has 1 N–H and O–H groups in total. The highest BCUT2D eigenvalue weighted by molar-refractivity contribution is 5.09. The van der Waals surface area contributed by atoms with E-state index in [1.54, 1.807) is 0 Å². The average Bonchev–Trinajstić information content (AvgIpc) is 2.09. The van der Waals surface area contributed by atoms with Crippen LogP contribution in [-0.2, 0) is 0 Å². The lowest BCUT2D eigenvalue weighted by Crippen LogP contribution is -2.31. The van der Waals surface area contributed by atoms with Gasteiger partial charge in [-0.2, -0.15) is 0 Å². The molecule has 0 radical (unpaired) electrons. The molecule has 0 amide bonds. The lowest BCUT2D eigenvalue weighted by molar-refractivity contribution is 0.165. The van der Waals surface area contributed by atoms with Gasteiger partial charge >= 0.3 is 0 Å². The monoisotopic (exact) mass is 123 g/mol. The van der Waals surface area contributed by atoms with Crippen LogP contribution in [0.2, 0.25) is 0 Å². The van der Waals surface area contributed by atoms with Crippen molar-refractivity contribution in [2.45, 2.75) is 25.7 Å². The minimum absolute atomic E-state index is 0.678. The van der Waals surface area contributed by atoms with Crippen molar-refractivity contribution in [2.75, 3.05) is 6.54 Å². The predicted molar refractivity (Wildman–Crippen MR) is 38.0 cm³/mol. The molecule has 0 aromatic rings. The molecule has 0 atom stereocenters. The van der Waals surface area contributed by atoms with Crippen LogP contribution < -0.4 is 5.32 Å². The van der Waals surface area contributed by atoms with Crippen molar-refractivity contribution in [2.24, 2.45) is 5.41 Å². The van der Waals surface area contributed by atoms with Gasteiger partial charge in [-0.1, -0.05) is 13.0 Å². The van der Waals surface area contributed by atoms with Crippen LogP contribution in [0.5, 0.6) is 0 Å².